The van der Waals surface area contributed by atoms with Crippen LogP contribution in [-0.4, -0.2) is 20.6 Å². The predicted molar refractivity (Wildman–Crippen MR) is 61.8 cm³/mol. The highest BCUT2D eigenvalue weighted by Gasteiger charge is 2.30. The minimum absolute atomic E-state index is 0.148. The first-order valence-electron chi connectivity index (χ1n) is 4.98. The minimum atomic E-state index is -0.148. The molecule has 1 atom stereocenters. The molecule has 2 rings (SSSR count). The van der Waals surface area contributed by atoms with E-state index in [1.807, 2.05) is 20.0 Å². The van der Waals surface area contributed by atoms with E-state index in [1.54, 1.807) is 18.0 Å². The number of H-pyrrole nitrogens is 1. The molecule has 1 N–H and O–H groups in total. The quantitative estimate of drug-likeness (QED) is 0.842. The van der Waals surface area contributed by atoms with Crippen molar-refractivity contribution < 1.29 is 4.84 Å². The maximum absolute atomic E-state index is 5.31. The van der Waals surface area contributed by atoms with Gasteiger partial charge in [0.05, 0.1) is 5.25 Å². The van der Waals surface area contributed by atoms with E-state index in [2.05, 4.69) is 22.0 Å². The Morgan fingerprint density at radius 1 is 1.60 bits per heavy atom. The van der Waals surface area contributed by atoms with E-state index in [1.165, 1.54) is 0 Å². The molecule has 0 bridgehead atoms. The van der Waals surface area contributed by atoms with Gasteiger partial charge in [0.15, 0.2) is 0 Å². The SMILES string of the molecule is CC(SC1=NOC(C)(C)C1)c1ncc[nH]1. The molecule has 5 heteroatoms. The third-order valence-electron chi connectivity index (χ3n) is 2.19. The van der Waals surface area contributed by atoms with Crippen LogP contribution in [0.5, 0.6) is 0 Å². The Morgan fingerprint density at radius 3 is 2.93 bits per heavy atom. The van der Waals surface area contributed by atoms with Crippen LogP contribution in [0.1, 0.15) is 38.3 Å². The number of thioether (sulfide) groups is 1. The van der Waals surface area contributed by atoms with E-state index in [0.717, 1.165) is 17.3 Å². The van der Waals surface area contributed by atoms with Gasteiger partial charge in [0.25, 0.3) is 0 Å². The molecule has 0 saturated carbocycles. The van der Waals surface area contributed by atoms with Crippen molar-refractivity contribution in [1.29, 1.82) is 0 Å². The van der Waals surface area contributed by atoms with Gasteiger partial charge in [-0.25, -0.2) is 4.98 Å². The van der Waals surface area contributed by atoms with Gasteiger partial charge in [0.2, 0.25) is 0 Å². The molecule has 0 radical (unpaired) electrons. The standard InChI is InChI=1S/C10H15N3OS/c1-7(9-11-4-5-12-9)15-8-6-10(2,3)14-13-8/h4-5,7H,6H2,1-3H3,(H,11,12). The van der Waals surface area contributed by atoms with Crippen LogP contribution in [0.3, 0.4) is 0 Å². The Morgan fingerprint density at radius 2 is 2.40 bits per heavy atom. The number of aromatic amines is 1. The number of oxime groups is 1. The maximum atomic E-state index is 5.31. The van der Waals surface area contributed by atoms with Crippen LogP contribution >= 0.6 is 11.8 Å². The Bertz CT molecular complexity index is 359. The average molecular weight is 225 g/mol. The normalized spacial score (nSPS) is 20.9. The van der Waals surface area contributed by atoms with Crippen LogP contribution in [0.25, 0.3) is 0 Å². The second kappa shape index (κ2) is 3.89. The summed E-state index contributed by atoms with van der Waals surface area (Å²) in [7, 11) is 0. The zero-order valence-corrected chi connectivity index (χ0v) is 9.97. The average Bonchev–Trinajstić information content (AvgIpc) is 2.74. The summed E-state index contributed by atoms with van der Waals surface area (Å²) in [4.78, 5) is 12.6. The van der Waals surface area contributed by atoms with Crippen molar-refractivity contribution >= 4 is 16.8 Å². The van der Waals surface area contributed by atoms with E-state index >= 15 is 0 Å². The molecule has 0 amide bonds. The summed E-state index contributed by atoms with van der Waals surface area (Å²) in [5.74, 6) is 0.979. The number of nitrogens with one attached hydrogen (secondary N) is 1. The summed E-state index contributed by atoms with van der Waals surface area (Å²) in [6.07, 6.45) is 4.48. The molecule has 4 nitrogen and oxygen atoms in total. The molecule has 1 aromatic rings. The lowest BCUT2D eigenvalue weighted by atomic mass is 10.1. The third kappa shape index (κ3) is 2.53. The molecule has 0 aliphatic carbocycles. The number of hydrogen-bond acceptors (Lipinski definition) is 4. The van der Waals surface area contributed by atoms with Crippen molar-refractivity contribution in [2.24, 2.45) is 5.16 Å². The Balaban J connectivity index is 1.94. The predicted octanol–water partition coefficient (Wildman–Crippen LogP) is 2.72. The van der Waals surface area contributed by atoms with Gasteiger partial charge in [0.1, 0.15) is 16.5 Å². The molecule has 0 spiro atoms. The fraction of sp³-hybridized carbons (Fsp3) is 0.600. The van der Waals surface area contributed by atoms with Crippen LogP contribution in [-0.2, 0) is 4.84 Å². The zero-order chi connectivity index (χ0) is 10.9. The highest BCUT2D eigenvalue weighted by Crippen LogP contribution is 2.34. The van der Waals surface area contributed by atoms with E-state index < -0.39 is 0 Å². The van der Waals surface area contributed by atoms with E-state index in [-0.39, 0.29) is 10.9 Å². The van der Waals surface area contributed by atoms with Crippen molar-refractivity contribution in [3.8, 4) is 0 Å². The molecule has 82 valence electrons. The van der Waals surface area contributed by atoms with E-state index in [4.69, 9.17) is 4.84 Å². The first kappa shape index (κ1) is 10.5. The van der Waals surface area contributed by atoms with E-state index in [0.29, 0.717) is 0 Å². The monoisotopic (exact) mass is 225 g/mol. The van der Waals surface area contributed by atoms with E-state index in [9.17, 15) is 0 Å². The number of nitrogens with zero attached hydrogens (tertiary/aromatic N) is 2. The summed E-state index contributed by atoms with van der Waals surface area (Å²) < 4.78 is 0. The lowest BCUT2D eigenvalue weighted by Crippen LogP contribution is -2.18. The second-order valence-corrected chi connectivity index (χ2v) is 5.66. The van der Waals surface area contributed by atoms with Crippen LogP contribution in [0.15, 0.2) is 17.5 Å². The van der Waals surface area contributed by atoms with Crippen molar-refractivity contribution in [3.05, 3.63) is 18.2 Å². The van der Waals surface area contributed by atoms with Crippen LogP contribution in [0, 0.1) is 0 Å². The molecule has 1 aliphatic rings. The molecule has 0 fully saturated rings. The van der Waals surface area contributed by atoms with Gasteiger partial charge >= 0.3 is 0 Å². The van der Waals surface area contributed by atoms with Crippen LogP contribution in [0.4, 0.5) is 0 Å². The molecule has 15 heavy (non-hydrogen) atoms. The lowest BCUT2D eigenvalue weighted by molar-refractivity contribution is 0.0123. The third-order valence-corrected chi connectivity index (χ3v) is 3.26. The summed E-state index contributed by atoms with van der Waals surface area (Å²) in [6.45, 7) is 6.20. The molecule has 1 unspecified atom stereocenters. The fourth-order valence-electron chi connectivity index (χ4n) is 1.43. The van der Waals surface area contributed by atoms with Crippen LogP contribution in [0.2, 0.25) is 0 Å². The smallest absolute Gasteiger partial charge is 0.138 e. The van der Waals surface area contributed by atoms with Gasteiger partial charge < -0.3 is 9.82 Å². The topological polar surface area (TPSA) is 50.3 Å². The van der Waals surface area contributed by atoms with Gasteiger partial charge in [-0.3, -0.25) is 0 Å². The summed E-state index contributed by atoms with van der Waals surface area (Å²) in [6, 6.07) is 0. The van der Waals surface area contributed by atoms with Crippen molar-refractivity contribution in [2.75, 3.05) is 0 Å². The Kier molecular flexibility index (Phi) is 2.73. The Labute approximate surface area is 93.5 Å². The molecular weight excluding hydrogens is 210 g/mol. The van der Waals surface area contributed by atoms with Crippen LogP contribution < -0.4 is 0 Å². The molecular formula is C10H15N3OS. The first-order valence-corrected chi connectivity index (χ1v) is 5.86. The highest BCUT2D eigenvalue weighted by atomic mass is 32.2. The largest absolute Gasteiger partial charge is 0.389 e. The van der Waals surface area contributed by atoms with Gasteiger partial charge in [-0.15, -0.1) is 0 Å². The number of rotatable bonds is 2. The second-order valence-electron chi connectivity index (χ2n) is 4.25. The highest BCUT2D eigenvalue weighted by molar-refractivity contribution is 8.14. The summed E-state index contributed by atoms with van der Waals surface area (Å²) in [5.41, 5.74) is -0.148. The number of aromatic nitrogens is 2. The number of hydrogen-bond donors (Lipinski definition) is 1. The maximum Gasteiger partial charge on any atom is 0.138 e. The summed E-state index contributed by atoms with van der Waals surface area (Å²) in [5, 5.41) is 5.41. The Hall–Kier alpha value is -0.970. The van der Waals surface area contributed by atoms with Gasteiger partial charge in [0, 0.05) is 18.8 Å². The lowest BCUT2D eigenvalue weighted by Gasteiger charge is -2.13. The molecule has 0 saturated heterocycles. The molecule has 1 aromatic heterocycles. The van der Waals surface area contributed by atoms with Gasteiger partial charge in [-0.05, 0) is 20.8 Å². The molecule has 1 aliphatic heterocycles. The molecule has 0 aromatic carbocycles. The zero-order valence-electron chi connectivity index (χ0n) is 9.15. The van der Waals surface area contributed by atoms with Crippen molar-refractivity contribution in [3.63, 3.8) is 0 Å². The minimum Gasteiger partial charge on any atom is -0.389 e. The molecule has 2 heterocycles. The first-order chi connectivity index (χ1) is 7.07. The fourth-order valence-corrected chi connectivity index (χ4v) is 2.59. The van der Waals surface area contributed by atoms with Gasteiger partial charge in [-0.2, -0.15) is 0 Å². The van der Waals surface area contributed by atoms with Gasteiger partial charge in [-0.1, -0.05) is 16.9 Å². The van der Waals surface area contributed by atoms with Crippen molar-refractivity contribution in [1.82, 2.24) is 9.97 Å². The number of imidazole rings is 1. The summed E-state index contributed by atoms with van der Waals surface area (Å²) >= 11 is 1.70. The van der Waals surface area contributed by atoms with Crippen molar-refractivity contribution in [2.45, 2.75) is 38.0 Å².